The van der Waals surface area contributed by atoms with Crippen LogP contribution < -0.4 is 15.6 Å². The van der Waals surface area contributed by atoms with E-state index in [1.54, 1.807) is 54.1 Å². The van der Waals surface area contributed by atoms with E-state index in [0.717, 1.165) is 25.0 Å². The van der Waals surface area contributed by atoms with Gasteiger partial charge in [0.15, 0.2) is 10.9 Å². The van der Waals surface area contributed by atoms with Gasteiger partial charge in [-0.25, -0.2) is 4.98 Å². The van der Waals surface area contributed by atoms with Crippen LogP contribution in [0.3, 0.4) is 0 Å². The molecule has 5 rings (SSSR count). The van der Waals surface area contributed by atoms with E-state index in [-0.39, 0.29) is 29.1 Å². The summed E-state index contributed by atoms with van der Waals surface area (Å²) in [7, 11) is 1.57. The minimum absolute atomic E-state index is 0.0314. The molecular formula is C30H29N3O5S. The summed E-state index contributed by atoms with van der Waals surface area (Å²) < 4.78 is 12.3. The largest absolute Gasteiger partial charge is 0.497 e. The lowest BCUT2D eigenvalue weighted by Gasteiger charge is -2.14. The van der Waals surface area contributed by atoms with Crippen molar-refractivity contribution >= 4 is 34.4 Å². The Morgan fingerprint density at radius 1 is 1.08 bits per heavy atom. The summed E-state index contributed by atoms with van der Waals surface area (Å²) in [6, 6.07) is 21.4. The molecule has 0 bridgehead atoms. The number of methoxy groups -OCH3 is 1. The molecule has 1 amide bonds. The van der Waals surface area contributed by atoms with E-state index in [9.17, 15) is 14.4 Å². The van der Waals surface area contributed by atoms with E-state index in [2.05, 4.69) is 5.32 Å². The summed E-state index contributed by atoms with van der Waals surface area (Å²) in [5, 5.41) is 3.73. The van der Waals surface area contributed by atoms with Gasteiger partial charge in [0, 0.05) is 24.3 Å². The lowest BCUT2D eigenvalue weighted by atomic mass is 10.1. The van der Waals surface area contributed by atoms with Crippen molar-refractivity contribution in [2.24, 2.45) is 0 Å². The van der Waals surface area contributed by atoms with Crippen molar-refractivity contribution in [1.29, 1.82) is 0 Å². The maximum atomic E-state index is 13.6. The number of carbonyl (C=O) groups excluding carboxylic acids is 2. The molecule has 1 atom stereocenters. The summed E-state index contributed by atoms with van der Waals surface area (Å²) in [5.74, 6) is 0.431. The molecule has 1 aliphatic rings. The predicted molar refractivity (Wildman–Crippen MR) is 151 cm³/mol. The third kappa shape index (κ3) is 6.38. The van der Waals surface area contributed by atoms with Crippen molar-refractivity contribution in [3.8, 4) is 5.75 Å². The number of carbonyl (C=O) groups is 2. The van der Waals surface area contributed by atoms with Crippen molar-refractivity contribution in [1.82, 2.24) is 14.9 Å². The van der Waals surface area contributed by atoms with Crippen LogP contribution in [0.5, 0.6) is 5.75 Å². The smallest absolute Gasteiger partial charge is 0.262 e. The maximum absolute atomic E-state index is 13.6. The van der Waals surface area contributed by atoms with Gasteiger partial charge in [-0.15, -0.1) is 0 Å². The fraction of sp³-hybridized carbons (Fsp3) is 0.267. The Morgan fingerprint density at radius 3 is 2.56 bits per heavy atom. The molecule has 1 aliphatic heterocycles. The van der Waals surface area contributed by atoms with Gasteiger partial charge in [-0.3, -0.25) is 19.0 Å². The molecule has 1 N–H and O–H groups in total. The average molecular weight is 544 g/mol. The summed E-state index contributed by atoms with van der Waals surface area (Å²) in [6.45, 7) is 1.47. The first-order chi connectivity index (χ1) is 19.0. The molecule has 0 unspecified atom stereocenters. The fourth-order valence-corrected chi connectivity index (χ4v) is 5.35. The molecule has 9 heteroatoms. The zero-order valence-corrected chi connectivity index (χ0v) is 22.4. The average Bonchev–Trinajstić information content (AvgIpc) is 3.50. The molecule has 3 aromatic carbocycles. The summed E-state index contributed by atoms with van der Waals surface area (Å²) in [6.07, 6.45) is 1.96. The van der Waals surface area contributed by atoms with Gasteiger partial charge in [0.25, 0.3) is 11.5 Å². The molecule has 2 heterocycles. The highest BCUT2D eigenvalue weighted by Crippen LogP contribution is 2.22. The quantitative estimate of drug-likeness (QED) is 0.181. The Morgan fingerprint density at radius 2 is 1.85 bits per heavy atom. The normalized spacial score (nSPS) is 14.8. The lowest BCUT2D eigenvalue weighted by Crippen LogP contribution is -2.31. The van der Waals surface area contributed by atoms with Crippen LogP contribution in [0.2, 0.25) is 0 Å². The number of ether oxygens (including phenoxy) is 2. The Hall–Kier alpha value is -3.95. The second-order valence-corrected chi connectivity index (χ2v) is 10.2. The van der Waals surface area contributed by atoms with E-state index in [1.165, 1.54) is 11.8 Å². The van der Waals surface area contributed by atoms with Crippen LogP contribution in [0.1, 0.15) is 39.1 Å². The van der Waals surface area contributed by atoms with E-state index >= 15 is 0 Å². The van der Waals surface area contributed by atoms with Crippen LogP contribution in [0.15, 0.2) is 82.7 Å². The number of fused-ring (bicyclic) bond motifs is 1. The molecule has 8 nitrogen and oxygen atoms in total. The number of thioether (sulfide) groups is 1. The number of hydrogen-bond donors (Lipinski definition) is 1. The third-order valence-electron chi connectivity index (χ3n) is 6.62. The topological polar surface area (TPSA) is 99.5 Å². The molecule has 4 aromatic rings. The van der Waals surface area contributed by atoms with Gasteiger partial charge in [-0.2, -0.15) is 0 Å². The number of rotatable bonds is 10. The van der Waals surface area contributed by atoms with Crippen LogP contribution in [0.25, 0.3) is 10.9 Å². The number of hydrogen-bond acceptors (Lipinski definition) is 7. The summed E-state index contributed by atoms with van der Waals surface area (Å²) >= 11 is 1.20. The van der Waals surface area contributed by atoms with Crippen molar-refractivity contribution in [3.63, 3.8) is 0 Å². The highest BCUT2D eigenvalue weighted by molar-refractivity contribution is 7.99. The van der Waals surface area contributed by atoms with Gasteiger partial charge in [0.1, 0.15) is 5.75 Å². The Labute approximate surface area is 230 Å². The van der Waals surface area contributed by atoms with Crippen molar-refractivity contribution in [2.45, 2.75) is 30.6 Å². The molecule has 0 spiro atoms. The second-order valence-electron chi connectivity index (χ2n) is 9.29. The van der Waals surface area contributed by atoms with Crippen molar-refractivity contribution in [2.75, 3.05) is 26.0 Å². The highest BCUT2D eigenvalue weighted by atomic mass is 32.2. The summed E-state index contributed by atoms with van der Waals surface area (Å²) in [4.78, 5) is 44.1. The van der Waals surface area contributed by atoms with Crippen molar-refractivity contribution in [3.05, 3.63) is 99.8 Å². The van der Waals surface area contributed by atoms with E-state index in [1.807, 2.05) is 30.3 Å². The van der Waals surface area contributed by atoms with E-state index in [4.69, 9.17) is 14.5 Å². The minimum atomic E-state index is -0.244. The molecule has 1 saturated heterocycles. The zero-order chi connectivity index (χ0) is 27.2. The number of nitrogens with one attached hydrogen (secondary N) is 1. The molecule has 0 saturated carbocycles. The Balaban J connectivity index is 1.43. The van der Waals surface area contributed by atoms with Crippen LogP contribution in [-0.4, -0.2) is 53.4 Å². The molecule has 1 fully saturated rings. The molecular weight excluding hydrogens is 514 g/mol. The second kappa shape index (κ2) is 12.3. The first kappa shape index (κ1) is 26.6. The first-order valence-corrected chi connectivity index (χ1v) is 13.8. The van der Waals surface area contributed by atoms with E-state index < -0.39 is 0 Å². The summed E-state index contributed by atoms with van der Waals surface area (Å²) in [5.41, 5.74) is 2.09. The molecule has 1 aromatic heterocycles. The number of benzene rings is 3. The monoisotopic (exact) mass is 543 g/mol. The van der Waals surface area contributed by atoms with Gasteiger partial charge in [0.2, 0.25) is 0 Å². The van der Waals surface area contributed by atoms with Gasteiger partial charge in [0.05, 0.1) is 36.4 Å². The van der Waals surface area contributed by atoms with Gasteiger partial charge < -0.3 is 14.8 Å². The SMILES string of the molecule is COc1ccc(C(=O)CSc2nc3cc(C(=O)NC[C@@H]4CCCO4)ccc3c(=O)n2Cc2ccccc2)cc1. The molecule has 0 aliphatic carbocycles. The number of Topliss-reactive ketones (excluding diaryl/α,β-unsaturated/α-hetero) is 1. The van der Waals surface area contributed by atoms with Crippen LogP contribution in [0.4, 0.5) is 0 Å². The fourth-order valence-electron chi connectivity index (χ4n) is 4.46. The van der Waals surface area contributed by atoms with Crippen LogP contribution >= 0.6 is 11.8 Å². The third-order valence-corrected chi connectivity index (χ3v) is 7.60. The number of amides is 1. The predicted octanol–water partition coefficient (Wildman–Crippen LogP) is 4.34. The zero-order valence-electron chi connectivity index (χ0n) is 21.6. The Bertz CT molecular complexity index is 1530. The van der Waals surface area contributed by atoms with Crippen LogP contribution in [0, 0.1) is 0 Å². The van der Waals surface area contributed by atoms with Crippen molar-refractivity contribution < 1.29 is 19.1 Å². The van der Waals surface area contributed by atoms with Gasteiger partial charge >= 0.3 is 0 Å². The molecule has 0 radical (unpaired) electrons. The van der Waals surface area contributed by atoms with Gasteiger partial charge in [-0.05, 0) is 60.9 Å². The minimum Gasteiger partial charge on any atom is -0.497 e. The Kier molecular flexibility index (Phi) is 8.39. The number of nitrogens with zero attached hydrogens (tertiary/aromatic N) is 2. The maximum Gasteiger partial charge on any atom is 0.262 e. The number of ketones is 1. The lowest BCUT2D eigenvalue weighted by molar-refractivity contribution is 0.0857. The van der Waals surface area contributed by atoms with E-state index in [0.29, 0.717) is 46.0 Å². The number of aromatic nitrogens is 2. The van der Waals surface area contributed by atoms with Crippen LogP contribution in [-0.2, 0) is 11.3 Å². The molecule has 39 heavy (non-hydrogen) atoms. The highest BCUT2D eigenvalue weighted by Gasteiger charge is 2.19. The van der Waals surface area contributed by atoms with Gasteiger partial charge in [-0.1, -0.05) is 42.1 Å². The molecule has 200 valence electrons. The standard InChI is InChI=1S/C30H29N3O5S/c1-37-23-12-9-21(10-13-23)27(34)19-39-30-32-26-16-22(28(35)31-17-24-8-5-15-38-24)11-14-25(26)29(36)33(30)18-20-6-3-2-4-7-20/h2-4,6-7,9-14,16,24H,5,8,15,17-19H2,1H3,(H,31,35)/t24-/m0/s1. The first-order valence-electron chi connectivity index (χ1n) is 12.8.